The summed E-state index contributed by atoms with van der Waals surface area (Å²) in [5.74, 6) is -22.0. The Morgan fingerprint density at radius 2 is 1.54 bits per heavy atom. The molecule has 15 heteroatoms. The summed E-state index contributed by atoms with van der Waals surface area (Å²) in [5.41, 5.74) is -2.76. The number of carbonyl (C=O) groups is 1. The first-order valence-electron chi connectivity index (χ1n) is 10.1. The van der Waals surface area contributed by atoms with Gasteiger partial charge in [-0.05, 0) is 24.1 Å². The molecule has 1 aliphatic rings. The third kappa shape index (κ3) is 5.27. The number of amides is 1. The number of nitrogens with zero attached hydrogens (tertiary/aromatic N) is 1. The standard InChI is InChI=1S/C20H20F12N2O/c1-3-4-7-34-10-15(2,9-16(21,22)18(26,27)19(28,29)20(30,31)32)12-6-5-11(8-13(12)34)33-14(35)17(23,24)25/h5-6,8H,3-4,7,9-10H2,1-2H3,(H,33,35). The predicted octanol–water partition coefficient (Wildman–Crippen LogP) is 6.92. The minimum Gasteiger partial charge on any atom is -0.370 e. The Bertz CT molecular complexity index is 941. The molecule has 0 saturated carbocycles. The molecule has 0 fully saturated rings. The predicted molar refractivity (Wildman–Crippen MR) is 101 cm³/mol. The molecule has 0 saturated heterocycles. The monoisotopic (exact) mass is 532 g/mol. The first-order valence-corrected chi connectivity index (χ1v) is 10.1. The molecule has 1 N–H and O–H groups in total. The van der Waals surface area contributed by atoms with Crippen molar-refractivity contribution in [3.05, 3.63) is 23.8 Å². The fourth-order valence-corrected chi connectivity index (χ4v) is 3.88. The third-order valence-electron chi connectivity index (χ3n) is 5.65. The summed E-state index contributed by atoms with van der Waals surface area (Å²) in [5, 5.41) is 1.54. The van der Waals surface area contributed by atoms with E-state index in [1.165, 1.54) is 4.90 Å². The number of rotatable bonds is 8. The van der Waals surface area contributed by atoms with Crippen LogP contribution in [-0.4, -0.2) is 49.1 Å². The molecular weight excluding hydrogens is 512 g/mol. The van der Waals surface area contributed by atoms with Crippen LogP contribution in [0.5, 0.6) is 0 Å². The Labute approximate surface area is 191 Å². The number of anilines is 2. The molecular formula is C20H20F12N2O. The van der Waals surface area contributed by atoms with Crippen molar-refractivity contribution in [1.82, 2.24) is 0 Å². The van der Waals surface area contributed by atoms with Gasteiger partial charge >= 0.3 is 36.0 Å². The topological polar surface area (TPSA) is 32.3 Å². The highest BCUT2D eigenvalue weighted by molar-refractivity contribution is 5.95. The van der Waals surface area contributed by atoms with Gasteiger partial charge in [0.1, 0.15) is 0 Å². The molecule has 0 aromatic heterocycles. The van der Waals surface area contributed by atoms with Gasteiger partial charge in [0.05, 0.1) is 0 Å². The molecule has 0 radical (unpaired) electrons. The van der Waals surface area contributed by atoms with Crippen LogP contribution in [0.15, 0.2) is 18.2 Å². The van der Waals surface area contributed by atoms with Crippen molar-refractivity contribution in [3.8, 4) is 0 Å². The first kappa shape index (κ1) is 28.9. The molecule has 0 aliphatic carbocycles. The van der Waals surface area contributed by atoms with E-state index in [-0.39, 0.29) is 17.8 Å². The van der Waals surface area contributed by atoms with E-state index in [1.54, 1.807) is 12.2 Å². The zero-order chi connectivity index (χ0) is 27.3. The number of halogens is 12. The van der Waals surface area contributed by atoms with Crippen molar-refractivity contribution >= 4 is 17.3 Å². The van der Waals surface area contributed by atoms with E-state index in [9.17, 15) is 57.5 Å². The maximum atomic E-state index is 14.4. The van der Waals surface area contributed by atoms with Crippen molar-refractivity contribution in [1.29, 1.82) is 0 Å². The molecule has 1 aliphatic heterocycles. The summed E-state index contributed by atoms with van der Waals surface area (Å²) in [7, 11) is 0. The van der Waals surface area contributed by atoms with Crippen LogP contribution in [0.25, 0.3) is 0 Å². The third-order valence-corrected chi connectivity index (χ3v) is 5.65. The highest BCUT2D eigenvalue weighted by Crippen LogP contribution is 2.57. The van der Waals surface area contributed by atoms with Crippen molar-refractivity contribution in [2.24, 2.45) is 0 Å². The van der Waals surface area contributed by atoms with Gasteiger partial charge in [-0.15, -0.1) is 0 Å². The normalized spacial score (nSPS) is 19.7. The SMILES string of the molecule is CCCCN1CC(C)(CC(F)(F)C(F)(F)C(F)(F)C(F)(F)F)c2ccc(NC(=O)C(F)(F)F)cc21. The van der Waals surface area contributed by atoms with Crippen LogP contribution in [0.4, 0.5) is 64.1 Å². The minimum atomic E-state index is -7.03. The van der Waals surface area contributed by atoms with Crippen LogP contribution >= 0.6 is 0 Å². The van der Waals surface area contributed by atoms with Crippen LogP contribution in [0.2, 0.25) is 0 Å². The summed E-state index contributed by atoms with van der Waals surface area (Å²) in [6.45, 7) is 2.23. The first-order chi connectivity index (χ1) is 15.6. The van der Waals surface area contributed by atoms with Gasteiger partial charge in [-0.2, -0.15) is 52.7 Å². The quantitative estimate of drug-likeness (QED) is 0.369. The maximum Gasteiger partial charge on any atom is 0.471 e. The number of hydrogen-bond acceptors (Lipinski definition) is 2. The van der Waals surface area contributed by atoms with Gasteiger partial charge in [0.25, 0.3) is 0 Å². The Morgan fingerprint density at radius 1 is 0.971 bits per heavy atom. The lowest BCUT2D eigenvalue weighted by molar-refractivity contribution is -0.398. The molecule has 2 rings (SSSR count). The van der Waals surface area contributed by atoms with Crippen molar-refractivity contribution in [3.63, 3.8) is 0 Å². The van der Waals surface area contributed by atoms with E-state index in [4.69, 9.17) is 0 Å². The maximum absolute atomic E-state index is 14.4. The minimum absolute atomic E-state index is 0.0531. The summed E-state index contributed by atoms with van der Waals surface area (Å²) >= 11 is 0. The molecule has 1 heterocycles. The van der Waals surface area contributed by atoms with Crippen LogP contribution < -0.4 is 10.2 Å². The van der Waals surface area contributed by atoms with Gasteiger partial charge in [0.2, 0.25) is 0 Å². The van der Waals surface area contributed by atoms with Crippen LogP contribution in [-0.2, 0) is 10.2 Å². The molecule has 1 aromatic carbocycles. The van der Waals surface area contributed by atoms with Crippen LogP contribution in [0, 0.1) is 0 Å². The largest absolute Gasteiger partial charge is 0.471 e. The van der Waals surface area contributed by atoms with Crippen LogP contribution in [0.1, 0.15) is 38.7 Å². The molecule has 0 bridgehead atoms. The van der Waals surface area contributed by atoms with E-state index in [0.717, 1.165) is 25.1 Å². The van der Waals surface area contributed by atoms with E-state index >= 15 is 0 Å². The smallest absolute Gasteiger partial charge is 0.370 e. The average Bonchev–Trinajstić information content (AvgIpc) is 2.95. The van der Waals surface area contributed by atoms with Crippen LogP contribution in [0.3, 0.4) is 0 Å². The summed E-state index contributed by atoms with van der Waals surface area (Å²) in [4.78, 5) is 12.5. The van der Waals surface area contributed by atoms with E-state index in [2.05, 4.69) is 0 Å². The van der Waals surface area contributed by atoms with E-state index in [0.29, 0.717) is 12.8 Å². The lowest BCUT2D eigenvalue weighted by atomic mass is 9.77. The number of alkyl halides is 12. The second-order valence-electron chi connectivity index (χ2n) is 8.55. The number of benzene rings is 1. The van der Waals surface area contributed by atoms with Gasteiger partial charge in [-0.25, -0.2) is 0 Å². The van der Waals surface area contributed by atoms with E-state index in [1.807, 2.05) is 0 Å². The Balaban J connectivity index is 2.48. The zero-order valence-electron chi connectivity index (χ0n) is 18.2. The van der Waals surface area contributed by atoms with Gasteiger partial charge in [0, 0.05) is 36.3 Å². The molecule has 1 amide bonds. The lowest BCUT2D eigenvalue weighted by Crippen LogP contribution is -2.62. The number of carbonyl (C=O) groups excluding carboxylic acids is 1. The van der Waals surface area contributed by atoms with Crippen molar-refractivity contribution in [2.75, 3.05) is 23.3 Å². The molecule has 1 aromatic rings. The van der Waals surface area contributed by atoms with Gasteiger partial charge in [0.15, 0.2) is 0 Å². The van der Waals surface area contributed by atoms with Crippen molar-refractivity contribution in [2.45, 2.75) is 68.6 Å². The fourth-order valence-electron chi connectivity index (χ4n) is 3.88. The average molecular weight is 532 g/mol. The van der Waals surface area contributed by atoms with Gasteiger partial charge < -0.3 is 10.2 Å². The number of nitrogens with one attached hydrogen (secondary N) is 1. The second kappa shape index (κ2) is 8.95. The number of unbranched alkanes of at least 4 members (excludes halogenated alkanes) is 1. The molecule has 1 unspecified atom stereocenters. The Hall–Kier alpha value is -2.35. The highest BCUT2D eigenvalue weighted by Gasteiger charge is 2.82. The fraction of sp³-hybridized carbons (Fsp3) is 0.650. The van der Waals surface area contributed by atoms with Gasteiger partial charge in [-0.3, -0.25) is 4.79 Å². The lowest BCUT2D eigenvalue weighted by Gasteiger charge is -2.38. The summed E-state index contributed by atoms with van der Waals surface area (Å²) < 4.78 is 158. The second-order valence-corrected chi connectivity index (χ2v) is 8.55. The number of fused-ring (bicyclic) bond motifs is 1. The van der Waals surface area contributed by atoms with Gasteiger partial charge in [-0.1, -0.05) is 26.3 Å². The van der Waals surface area contributed by atoms with Crippen molar-refractivity contribution < 1.29 is 57.5 Å². The molecule has 200 valence electrons. The molecule has 1 atom stereocenters. The highest BCUT2D eigenvalue weighted by atomic mass is 19.4. The molecule has 0 spiro atoms. The summed E-state index contributed by atoms with van der Waals surface area (Å²) in [6.07, 6.45) is -13.4. The molecule has 35 heavy (non-hydrogen) atoms. The number of hydrogen-bond donors (Lipinski definition) is 1. The Morgan fingerprint density at radius 3 is 2.03 bits per heavy atom. The summed E-state index contributed by atoms with van der Waals surface area (Å²) in [6, 6.07) is 2.74. The zero-order valence-corrected chi connectivity index (χ0v) is 18.2. The molecule has 3 nitrogen and oxygen atoms in total. The Kier molecular flexibility index (Phi) is 7.38. The van der Waals surface area contributed by atoms with E-state index < -0.39 is 60.1 Å².